The number of rotatable bonds is 4. The third-order valence-electron chi connectivity index (χ3n) is 5.00. The topological polar surface area (TPSA) is 6.48 Å². The fourth-order valence-electron chi connectivity index (χ4n) is 3.74. The molecule has 0 aliphatic carbocycles. The van der Waals surface area contributed by atoms with Crippen LogP contribution >= 0.6 is 0 Å². The molecule has 3 heteroatoms. The first-order chi connectivity index (χ1) is 13.1. The second kappa shape index (κ2) is 7.09. The first-order valence-corrected chi connectivity index (χ1v) is 10.2. The van der Waals surface area contributed by atoms with E-state index in [4.69, 9.17) is 0 Å². The summed E-state index contributed by atoms with van der Waals surface area (Å²) in [6, 6.07) is 26.5. The third kappa shape index (κ3) is 3.19. The fourth-order valence-corrected chi connectivity index (χ4v) is 5.19. The summed E-state index contributed by atoms with van der Waals surface area (Å²) in [5.41, 5.74) is 2.56. The molecular weight excluding hydrogens is 344 g/mol. The van der Waals surface area contributed by atoms with E-state index >= 15 is 0 Å². The first kappa shape index (κ1) is 17.6. The van der Waals surface area contributed by atoms with Crippen LogP contribution in [0.3, 0.4) is 0 Å². The van der Waals surface area contributed by atoms with Crippen LogP contribution in [0.5, 0.6) is 0 Å². The van der Waals surface area contributed by atoms with Crippen LogP contribution in [0.4, 0.5) is 11.4 Å². The molecule has 2 nitrogen and oxygen atoms in total. The molecule has 0 aliphatic heterocycles. The summed E-state index contributed by atoms with van der Waals surface area (Å²) in [5.74, 6) is 0. The molecule has 0 fully saturated rings. The Balaban J connectivity index is 1.94. The molecule has 134 valence electrons. The molecule has 0 saturated heterocycles. The van der Waals surface area contributed by atoms with Gasteiger partial charge in [-0.15, -0.1) is 0 Å². The predicted molar refractivity (Wildman–Crippen MR) is 122 cm³/mol. The van der Waals surface area contributed by atoms with Crippen molar-refractivity contribution in [3.63, 3.8) is 0 Å². The first-order valence-electron chi connectivity index (χ1n) is 9.21. The molecule has 4 aromatic rings. The molecule has 0 atom stereocenters. The van der Waals surface area contributed by atoms with Gasteiger partial charge in [-0.05, 0) is 33.3 Å². The van der Waals surface area contributed by atoms with Crippen molar-refractivity contribution in [1.29, 1.82) is 0 Å². The highest BCUT2D eigenvalue weighted by atomic mass is 28.2. The van der Waals surface area contributed by atoms with Crippen LogP contribution in [-0.4, -0.2) is 37.7 Å². The Bertz CT molecular complexity index is 1020. The van der Waals surface area contributed by atoms with Crippen LogP contribution < -0.4 is 20.2 Å². The van der Waals surface area contributed by atoms with Gasteiger partial charge >= 0.3 is 0 Å². The standard InChI is InChI=1S/C24H24N2Si/c1-25(2)19-13-5-9-17-11-7-15-21(23(17)19)27-22-16-8-12-18-10-6-14-20(24(18)22)26(3)4/h5-16H,1-4H3. The van der Waals surface area contributed by atoms with Crippen LogP contribution in [0.1, 0.15) is 0 Å². The SMILES string of the molecule is CN(C)c1cccc2cccc([Si]c3cccc4cccc(N(C)C)c34)c12. The monoisotopic (exact) mass is 368 g/mol. The van der Waals surface area contributed by atoms with E-state index in [0.29, 0.717) is 9.52 Å². The zero-order valence-corrected chi connectivity index (χ0v) is 17.3. The number of fused-ring (bicyclic) bond motifs is 2. The molecular formula is C24H24N2Si. The number of anilines is 2. The molecule has 0 heterocycles. The summed E-state index contributed by atoms with van der Waals surface area (Å²) in [6.45, 7) is 0. The largest absolute Gasteiger partial charge is 0.377 e. The highest BCUT2D eigenvalue weighted by molar-refractivity contribution is 6.72. The van der Waals surface area contributed by atoms with Crippen LogP contribution in [-0.2, 0) is 0 Å². The molecule has 27 heavy (non-hydrogen) atoms. The Kier molecular flexibility index (Phi) is 4.62. The van der Waals surface area contributed by atoms with Crippen molar-refractivity contribution in [3.8, 4) is 0 Å². The average Bonchev–Trinajstić information content (AvgIpc) is 2.67. The number of benzene rings is 4. The van der Waals surface area contributed by atoms with Crippen molar-refractivity contribution >= 4 is 52.8 Å². The molecule has 0 aromatic heterocycles. The van der Waals surface area contributed by atoms with Crippen molar-refractivity contribution < 1.29 is 0 Å². The van der Waals surface area contributed by atoms with Gasteiger partial charge in [0, 0.05) is 50.3 Å². The fraction of sp³-hybridized carbons (Fsp3) is 0.167. The number of hydrogen-bond donors (Lipinski definition) is 0. The van der Waals surface area contributed by atoms with Gasteiger partial charge in [0.1, 0.15) is 9.52 Å². The van der Waals surface area contributed by atoms with Gasteiger partial charge in [0.2, 0.25) is 0 Å². The molecule has 0 aliphatic rings. The zero-order valence-electron chi connectivity index (χ0n) is 16.3. The summed E-state index contributed by atoms with van der Waals surface area (Å²) in [4.78, 5) is 4.43. The quantitative estimate of drug-likeness (QED) is 0.506. The molecule has 0 bridgehead atoms. The van der Waals surface area contributed by atoms with E-state index in [9.17, 15) is 0 Å². The molecule has 4 rings (SSSR count). The Labute approximate surface area is 163 Å². The number of hydrogen-bond acceptors (Lipinski definition) is 2. The summed E-state index contributed by atoms with van der Waals surface area (Å²) < 4.78 is 0. The van der Waals surface area contributed by atoms with Crippen molar-refractivity contribution in [2.45, 2.75) is 0 Å². The van der Waals surface area contributed by atoms with Crippen molar-refractivity contribution in [2.75, 3.05) is 38.0 Å². The lowest BCUT2D eigenvalue weighted by Gasteiger charge is -2.20. The van der Waals surface area contributed by atoms with E-state index in [1.54, 1.807) is 0 Å². The highest BCUT2D eigenvalue weighted by Gasteiger charge is 2.13. The van der Waals surface area contributed by atoms with E-state index in [1.165, 1.54) is 43.3 Å². The predicted octanol–water partition coefficient (Wildman–Crippen LogP) is 3.78. The minimum atomic E-state index is 0.609. The average molecular weight is 369 g/mol. The molecule has 0 N–H and O–H groups in total. The van der Waals surface area contributed by atoms with Crippen LogP contribution in [0.2, 0.25) is 0 Å². The van der Waals surface area contributed by atoms with Gasteiger partial charge in [-0.25, -0.2) is 0 Å². The Morgan fingerprint density at radius 3 is 1.26 bits per heavy atom. The lowest BCUT2D eigenvalue weighted by molar-refractivity contribution is 1.14. The summed E-state index contributed by atoms with van der Waals surface area (Å²) in [7, 11) is 9.10. The van der Waals surface area contributed by atoms with Crippen LogP contribution in [0, 0.1) is 0 Å². The highest BCUT2D eigenvalue weighted by Crippen LogP contribution is 2.25. The number of nitrogens with zero attached hydrogens (tertiary/aromatic N) is 2. The van der Waals surface area contributed by atoms with Gasteiger partial charge < -0.3 is 9.80 Å². The Morgan fingerprint density at radius 2 is 0.889 bits per heavy atom. The Morgan fingerprint density at radius 1 is 0.519 bits per heavy atom. The zero-order chi connectivity index (χ0) is 19.0. The normalized spacial score (nSPS) is 11.1. The second-order valence-corrected chi connectivity index (χ2v) is 8.60. The minimum Gasteiger partial charge on any atom is -0.377 e. The summed E-state index contributed by atoms with van der Waals surface area (Å²) in [6.07, 6.45) is 0. The minimum absolute atomic E-state index is 0.609. The molecule has 0 unspecified atom stereocenters. The lowest BCUT2D eigenvalue weighted by Crippen LogP contribution is -2.30. The van der Waals surface area contributed by atoms with Crippen molar-refractivity contribution in [3.05, 3.63) is 72.8 Å². The summed E-state index contributed by atoms with van der Waals surface area (Å²) in [5, 5.41) is 8.14. The van der Waals surface area contributed by atoms with Gasteiger partial charge in [-0.1, -0.05) is 60.7 Å². The van der Waals surface area contributed by atoms with Gasteiger partial charge in [0.05, 0.1) is 0 Å². The van der Waals surface area contributed by atoms with Crippen molar-refractivity contribution in [2.24, 2.45) is 0 Å². The van der Waals surface area contributed by atoms with E-state index in [-0.39, 0.29) is 0 Å². The molecule has 0 amide bonds. The van der Waals surface area contributed by atoms with E-state index in [0.717, 1.165) is 0 Å². The van der Waals surface area contributed by atoms with E-state index in [1.807, 2.05) is 0 Å². The van der Waals surface area contributed by atoms with Gasteiger partial charge in [-0.2, -0.15) is 0 Å². The van der Waals surface area contributed by atoms with Gasteiger partial charge in [0.15, 0.2) is 0 Å². The van der Waals surface area contributed by atoms with Gasteiger partial charge in [-0.3, -0.25) is 0 Å². The summed E-state index contributed by atoms with van der Waals surface area (Å²) >= 11 is 0. The smallest absolute Gasteiger partial charge is 0.123 e. The molecule has 2 radical (unpaired) electrons. The second-order valence-electron chi connectivity index (χ2n) is 7.28. The van der Waals surface area contributed by atoms with Crippen molar-refractivity contribution in [1.82, 2.24) is 0 Å². The van der Waals surface area contributed by atoms with Gasteiger partial charge in [0.25, 0.3) is 0 Å². The maximum absolute atomic E-state index is 2.28. The molecule has 0 spiro atoms. The van der Waals surface area contributed by atoms with Crippen LogP contribution in [0.15, 0.2) is 72.8 Å². The molecule has 0 saturated carbocycles. The lowest BCUT2D eigenvalue weighted by atomic mass is 10.1. The Hall–Kier alpha value is -2.78. The molecule has 4 aromatic carbocycles. The third-order valence-corrected chi connectivity index (χ3v) is 6.37. The van der Waals surface area contributed by atoms with Crippen LogP contribution in [0.25, 0.3) is 21.5 Å². The van der Waals surface area contributed by atoms with E-state index < -0.39 is 0 Å². The maximum Gasteiger partial charge on any atom is 0.123 e. The maximum atomic E-state index is 2.28. The van der Waals surface area contributed by atoms with E-state index in [2.05, 4.69) is 111 Å².